The fraction of sp³-hybridized carbons (Fsp3) is 0.178. The van der Waals surface area contributed by atoms with Crippen molar-refractivity contribution >= 4 is 76.2 Å². The lowest BCUT2D eigenvalue weighted by atomic mass is 10.2. The van der Waals surface area contributed by atoms with Crippen LogP contribution in [0, 0.1) is 0 Å². The van der Waals surface area contributed by atoms with Gasteiger partial charge in [-0.1, -0.05) is 18.5 Å². The van der Waals surface area contributed by atoms with E-state index in [9.17, 15) is 9.59 Å². The Morgan fingerprint density at radius 3 is 1.62 bits per heavy atom. The maximum atomic E-state index is 11.8. The van der Waals surface area contributed by atoms with Gasteiger partial charge in [0, 0.05) is 86.4 Å². The van der Waals surface area contributed by atoms with Crippen LogP contribution in [0.4, 0.5) is 0 Å². The molecule has 5 aromatic heterocycles. The van der Waals surface area contributed by atoms with Crippen molar-refractivity contribution in [3.63, 3.8) is 0 Å². The maximum Gasteiger partial charge on any atom is 0.250 e. The van der Waals surface area contributed by atoms with Crippen molar-refractivity contribution < 1.29 is 23.7 Å². The number of aromatic nitrogens is 5. The highest BCUT2D eigenvalue weighted by Gasteiger charge is 2.07. The number of nitrogens with zero attached hydrogens (tertiary/aromatic N) is 4. The van der Waals surface area contributed by atoms with E-state index in [1.807, 2.05) is 66.7 Å². The Balaban J connectivity index is 0.000000161. The van der Waals surface area contributed by atoms with Crippen molar-refractivity contribution in [2.45, 2.75) is 19.9 Å². The van der Waals surface area contributed by atoms with E-state index in [-0.39, 0.29) is 11.1 Å². The van der Waals surface area contributed by atoms with Gasteiger partial charge in [0.15, 0.2) is 0 Å². The minimum absolute atomic E-state index is 0.0545. The second-order valence-electron chi connectivity index (χ2n) is 12.5. The Labute approximate surface area is 368 Å². The molecule has 60 heavy (non-hydrogen) atoms. The smallest absolute Gasteiger partial charge is 0.250 e. The Morgan fingerprint density at radius 2 is 1.12 bits per heavy atom. The number of fused-ring (bicyclic) bond motifs is 3. The molecule has 8 rings (SSSR count). The minimum atomic E-state index is -0.0757. The first-order valence-corrected chi connectivity index (χ1v) is 20.5. The average Bonchev–Trinajstić information content (AvgIpc) is 3.28. The number of halogens is 3. The highest BCUT2D eigenvalue weighted by molar-refractivity contribution is 9.10. The number of rotatable bonds is 10. The van der Waals surface area contributed by atoms with E-state index in [1.165, 1.54) is 12.1 Å². The van der Waals surface area contributed by atoms with Crippen LogP contribution in [0.15, 0.2) is 147 Å². The van der Waals surface area contributed by atoms with Crippen LogP contribution in [-0.4, -0.2) is 59.0 Å². The number of hydrogen-bond acceptors (Lipinski definition) is 10. The van der Waals surface area contributed by atoms with Crippen LogP contribution in [-0.2, 0) is 6.54 Å². The van der Waals surface area contributed by atoms with Crippen LogP contribution >= 0.6 is 43.5 Å². The summed E-state index contributed by atoms with van der Waals surface area (Å²) in [6.07, 6.45) is 9.49. The van der Waals surface area contributed by atoms with E-state index in [0.717, 1.165) is 83.4 Å². The molecule has 310 valence electrons. The van der Waals surface area contributed by atoms with Crippen LogP contribution in [0.1, 0.15) is 13.3 Å². The van der Waals surface area contributed by atoms with E-state index in [2.05, 4.69) is 58.7 Å². The summed E-state index contributed by atoms with van der Waals surface area (Å²) in [5, 5.41) is 3.60. The second kappa shape index (κ2) is 23.0. The van der Waals surface area contributed by atoms with Crippen LogP contribution in [0.25, 0.3) is 32.7 Å². The largest absolute Gasteiger partial charge is 0.497 e. The summed E-state index contributed by atoms with van der Waals surface area (Å²) in [6, 6.07) is 29.0. The third-order valence-corrected chi connectivity index (χ3v) is 9.75. The SMILES string of the molecule is CCCOc1ccnc2cc(OC)ccc12.COc1ccc2c(Cl)ccnc2c1.COc1ccc2c(OCCn3cc(Br)ccc3=O)ccnc2c1.O=c1ccc(Br)c[nH]1. The molecule has 0 saturated heterocycles. The van der Waals surface area contributed by atoms with Gasteiger partial charge in [0.2, 0.25) is 5.56 Å². The molecule has 0 bridgehead atoms. The van der Waals surface area contributed by atoms with Crippen molar-refractivity contribution in [2.24, 2.45) is 0 Å². The number of hydrogen-bond donors (Lipinski definition) is 1. The lowest BCUT2D eigenvalue weighted by Gasteiger charge is -2.11. The zero-order chi connectivity index (χ0) is 42.9. The van der Waals surface area contributed by atoms with Crippen molar-refractivity contribution in [1.29, 1.82) is 0 Å². The van der Waals surface area contributed by atoms with E-state index >= 15 is 0 Å². The lowest BCUT2D eigenvalue weighted by molar-refractivity contribution is 0.299. The molecular weight excluding hydrogens is 918 g/mol. The van der Waals surface area contributed by atoms with Crippen molar-refractivity contribution in [1.82, 2.24) is 24.5 Å². The van der Waals surface area contributed by atoms with Crippen molar-refractivity contribution in [3.8, 4) is 28.7 Å². The van der Waals surface area contributed by atoms with Gasteiger partial charge in [-0.25, -0.2) is 0 Å². The second-order valence-corrected chi connectivity index (χ2v) is 14.7. The average molecular weight is 960 g/mol. The zero-order valence-corrected chi connectivity index (χ0v) is 37.2. The Bertz CT molecular complexity index is 2750. The molecular formula is C45H42Br2ClN5O7. The first-order chi connectivity index (χ1) is 29.1. The summed E-state index contributed by atoms with van der Waals surface area (Å²) in [7, 11) is 4.90. The van der Waals surface area contributed by atoms with Crippen LogP contribution in [0.5, 0.6) is 28.7 Å². The molecule has 0 amide bonds. The zero-order valence-electron chi connectivity index (χ0n) is 33.2. The van der Waals surface area contributed by atoms with Gasteiger partial charge in [-0.3, -0.25) is 24.5 Å². The number of methoxy groups -OCH3 is 3. The molecule has 0 fully saturated rings. The molecule has 1 N–H and O–H groups in total. The summed E-state index contributed by atoms with van der Waals surface area (Å²) in [6.45, 7) is 3.68. The third kappa shape index (κ3) is 13.0. The summed E-state index contributed by atoms with van der Waals surface area (Å²) >= 11 is 12.5. The maximum absolute atomic E-state index is 11.8. The van der Waals surface area contributed by atoms with Crippen LogP contribution in [0.2, 0.25) is 5.02 Å². The van der Waals surface area contributed by atoms with Gasteiger partial charge in [0.05, 0.1) is 56.1 Å². The van der Waals surface area contributed by atoms with E-state index in [1.54, 1.807) is 75.1 Å². The monoisotopic (exact) mass is 957 g/mol. The predicted molar refractivity (Wildman–Crippen MR) is 244 cm³/mol. The first-order valence-electron chi connectivity index (χ1n) is 18.5. The third-order valence-electron chi connectivity index (χ3n) is 8.46. The highest BCUT2D eigenvalue weighted by Crippen LogP contribution is 2.29. The van der Waals surface area contributed by atoms with Gasteiger partial charge < -0.3 is 33.2 Å². The predicted octanol–water partition coefficient (Wildman–Crippen LogP) is 10.3. The van der Waals surface area contributed by atoms with Gasteiger partial charge >= 0.3 is 0 Å². The van der Waals surface area contributed by atoms with Crippen LogP contribution in [0.3, 0.4) is 0 Å². The highest BCUT2D eigenvalue weighted by atomic mass is 79.9. The molecule has 3 aromatic carbocycles. The summed E-state index contributed by atoms with van der Waals surface area (Å²) in [5.41, 5.74) is 2.43. The summed E-state index contributed by atoms with van der Waals surface area (Å²) in [5.74, 6) is 3.98. The fourth-order valence-corrected chi connectivity index (χ4v) is 6.31. The Morgan fingerprint density at radius 1 is 0.617 bits per heavy atom. The van der Waals surface area contributed by atoms with Crippen molar-refractivity contribution in [2.75, 3.05) is 34.5 Å². The number of ether oxygens (including phenoxy) is 5. The number of benzene rings is 3. The molecule has 0 radical (unpaired) electrons. The molecule has 15 heteroatoms. The first kappa shape index (κ1) is 45.1. The molecule has 12 nitrogen and oxygen atoms in total. The Kier molecular flexibility index (Phi) is 17.3. The number of H-pyrrole nitrogens is 1. The van der Waals surface area contributed by atoms with Crippen LogP contribution < -0.4 is 34.8 Å². The molecule has 0 atom stereocenters. The summed E-state index contributed by atoms with van der Waals surface area (Å²) in [4.78, 5) is 37.4. The van der Waals surface area contributed by atoms with Gasteiger partial charge in [-0.2, -0.15) is 0 Å². The number of aromatic amines is 1. The quantitative estimate of drug-likeness (QED) is 0.141. The summed E-state index contributed by atoms with van der Waals surface area (Å²) < 4.78 is 30.3. The van der Waals surface area contributed by atoms with Gasteiger partial charge in [-0.15, -0.1) is 0 Å². The standard InChI is InChI=1S/C17H15BrN2O3.C13H15NO2.C10H8ClNO.C5H4BrNO/c1-22-13-3-4-14-15(10-13)19-7-6-16(14)23-9-8-20-11-12(18)2-5-17(20)21;1-3-8-16-13-6-7-14-12-9-10(15-2)4-5-11(12)13;1-13-7-2-3-8-9(11)4-5-12-10(8)6-7;6-4-1-2-5(8)7-3-4/h2-7,10-11H,8-9H2,1H3;4-7,9H,3,8H2,1-2H3;2-6H,1H3;1-3H,(H,7,8). The van der Waals surface area contributed by atoms with Crippen molar-refractivity contribution in [3.05, 3.63) is 163 Å². The fourth-order valence-electron chi connectivity index (χ4n) is 5.46. The molecule has 0 spiro atoms. The minimum Gasteiger partial charge on any atom is -0.497 e. The van der Waals surface area contributed by atoms with Gasteiger partial charge in [0.1, 0.15) is 35.4 Å². The molecule has 0 saturated carbocycles. The Hall–Kier alpha value is -5.96. The number of pyridine rings is 5. The lowest BCUT2D eigenvalue weighted by Crippen LogP contribution is -2.21. The van der Waals surface area contributed by atoms with E-state index < -0.39 is 0 Å². The molecule has 0 unspecified atom stereocenters. The topological polar surface area (TPSA) is 140 Å². The van der Waals surface area contributed by atoms with Gasteiger partial charge in [0.25, 0.3) is 5.56 Å². The molecule has 5 heterocycles. The normalized spacial score (nSPS) is 10.3. The van der Waals surface area contributed by atoms with E-state index in [0.29, 0.717) is 18.2 Å². The number of nitrogens with one attached hydrogen (secondary N) is 1. The molecule has 0 aliphatic heterocycles. The molecule has 0 aliphatic rings. The van der Waals surface area contributed by atoms with Gasteiger partial charge in [-0.05, 0) is 105 Å². The molecule has 8 aromatic rings. The van der Waals surface area contributed by atoms with E-state index in [4.69, 9.17) is 35.3 Å². The molecule has 0 aliphatic carbocycles.